The Hall–Kier alpha value is -13.7. The van der Waals surface area contributed by atoms with Crippen molar-refractivity contribution < 1.29 is 61.6 Å². The van der Waals surface area contributed by atoms with E-state index in [1.807, 2.05) is 152 Å². The molecule has 0 aromatic heterocycles. The minimum absolute atomic E-state index is 0.0374. The summed E-state index contributed by atoms with van der Waals surface area (Å²) in [4.78, 5) is 85.3. The molecule has 0 unspecified atom stereocenters. The van der Waals surface area contributed by atoms with E-state index in [1.165, 1.54) is 88.6 Å². The van der Waals surface area contributed by atoms with Crippen LogP contribution in [0.15, 0.2) is 200 Å². The molecule has 6 aliphatic heterocycles. The Labute approximate surface area is 712 Å². The summed E-state index contributed by atoms with van der Waals surface area (Å²) < 4.78 is 48.8. The van der Waals surface area contributed by atoms with Crippen molar-refractivity contribution in [3.8, 4) is 95.5 Å². The van der Waals surface area contributed by atoms with Gasteiger partial charge in [0.2, 0.25) is 0 Å². The van der Waals surface area contributed by atoms with E-state index >= 15 is 0 Å². The van der Waals surface area contributed by atoms with E-state index in [1.54, 1.807) is 76.9 Å². The zero-order chi connectivity index (χ0) is 87.6. The molecule has 0 atom stereocenters. The monoisotopic (exact) mass is 1640 g/mol. The maximum Gasteiger partial charge on any atom is 0.254 e. The van der Waals surface area contributed by atoms with Crippen molar-refractivity contribution in [1.82, 2.24) is 29.4 Å². The number of ether oxygens (including phenoxy) is 4. The van der Waals surface area contributed by atoms with Crippen molar-refractivity contribution in [2.75, 3.05) is 70.7 Å². The number of phenols is 1. The van der Waals surface area contributed by atoms with Crippen molar-refractivity contribution >= 4 is 35.4 Å². The molecule has 19 heteroatoms. The SMILES string of the molecule is CCc1ccc2c(c1)CN(C)C(=O)c1cc(OC)ccc1-2.COc1cc2c(cc1F)-c1cc(C)c(C)cc1CN(C)C2=O.COc1cc2c(cc1F)-c1ccc(C)cc1CN(C)C2=O.COc1ccc2c(c1)C(=O)N(C)Cc1cc(C)c(C)cc1-2.Cc1ccc2c(c1)CN(C)C(=O)c1cc(O)ccc1-2.Cc1ccc2c(c1)CN(C)C(=O)c1ccccc1-2. The van der Waals surface area contributed by atoms with Crippen LogP contribution in [0, 0.1) is 60.1 Å². The Bertz CT molecular complexity index is 6190. The smallest absolute Gasteiger partial charge is 0.254 e. The standard InChI is InChI=1S/C18H18FNO2.2C18H19NO2.C17H16FNO2.C16H15NO2.C16H15NO/c1-10-5-12-9-20(3)18(21)15-8-17(22-4)16(19)7-14(15)13(12)6-11(10)2;1-11-7-13-10-19(3)18(20)17-9-14(21-4)5-6-15(17)16(13)8-12(11)2;1-4-12-5-7-15-13(9-12)11-19(2)18(20)17-10-14(21-3)6-8-16(15)17;1-10-4-5-12-11(6-10)9-19(2)17(20)14-8-16(21-3)15(18)7-13(12)14;1-10-3-5-13-11(7-10)9-17(2)16(19)15-8-12(18)4-6-14(13)15;1-11-7-8-13-12(9-11)10-17(2)16(18)15-6-4-3-5-14(13)15/h5-8H,9H2,1-4H3;5-9H,10H2,1-4H3;5-10H,4,11H2,1-3H3;4-8H,9H2,1-3H3;3-8,18H,9H2,1-2H3;3-9H,10H2,1-2H3. The topological polar surface area (TPSA) is 179 Å². The molecule has 0 radical (unpaired) electrons. The van der Waals surface area contributed by atoms with Gasteiger partial charge in [-0.2, -0.15) is 0 Å². The summed E-state index contributed by atoms with van der Waals surface area (Å²) in [5, 5.41) is 9.61. The third-order valence-electron chi connectivity index (χ3n) is 23.4. The van der Waals surface area contributed by atoms with Crippen molar-refractivity contribution in [1.29, 1.82) is 0 Å². The van der Waals surface area contributed by atoms with Gasteiger partial charge in [0.05, 0.1) is 56.3 Å². The Balaban J connectivity index is 0.000000126. The summed E-state index contributed by atoms with van der Waals surface area (Å²) >= 11 is 0. The third kappa shape index (κ3) is 17.7. The number of fused-ring (bicyclic) bond motifs is 18. The van der Waals surface area contributed by atoms with Crippen molar-refractivity contribution in [2.45, 2.75) is 101 Å². The highest BCUT2D eigenvalue weighted by Crippen LogP contribution is 2.43. The highest BCUT2D eigenvalue weighted by molar-refractivity contribution is 6.07. The first-order valence-corrected chi connectivity index (χ1v) is 40.5. The van der Waals surface area contributed by atoms with E-state index < -0.39 is 11.6 Å². The van der Waals surface area contributed by atoms with Gasteiger partial charge in [-0.1, -0.05) is 139 Å². The predicted molar refractivity (Wildman–Crippen MR) is 476 cm³/mol. The average Bonchev–Trinajstić information content (AvgIpc) is 1.55. The van der Waals surface area contributed by atoms with E-state index in [4.69, 9.17) is 18.9 Å². The molecule has 17 nitrogen and oxygen atoms in total. The number of carbonyl (C=O) groups excluding carboxylic acids is 6. The summed E-state index contributed by atoms with van der Waals surface area (Å²) in [6.07, 6.45) is 1.00. The van der Waals surface area contributed by atoms with Crippen LogP contribution in [0.5, 0.6) is 28.7 Å². The van der Waals surface area contributed by atoms with Crippen LogP contribution in [-0.4, -0.2) is 141 Å². The number of amides is 6. The first-order chi connectivity index (χ1) is 58.3. The number of aryl methyl sites for hydroxylation is 8. The number of halogens is 2. The molecule has 6 heterocycles. The molecule has 1 N–H and O–H groups in total. The van der Waals surface area contributed by atoms with E-state index in [0.29, 0.717) is 89.7 Å². The predicted octanol–water partition coefficient (Wildman–Crippen LogP) is 20.4. The van der Waals surface area contributed by atoms with Gasteiger partial charge in [-0.05, 0) is 268 Å². The number of carbonyl (C=O) groups is 6. The molecule has 18 rings (SSSR count). The summed E-state index contributed by atoms with van der Waals surface area (Å²) in [7, 11) is 16.9. The minimum atomic E-state index is -0.458. The van der Waals surface area contributed by atoms with Gasteiger partial charge in [-0.15, -0.1) is 0 Å². The molecule has 12 aromatic carbocycles. The summed E-state index contributed by atoms with van der Waals surface area (Å²) in [6, 6.07) is 63.6. The minimum Gasteiger partial charge on any atom is -0.508 e. The second-order valence-corrected chi connectivity index (χ2v) is 32.1. The number of benzene rings is 12. The lowest BCUT2D eigenvalue weighted by molar-refractivity contribution is 0.0781. The molecule has 0 saturated heterocycles. The number of rotatable bonds is 5. The van der Waals surface area contributed by atoms with E-state index in [-0.39, 0.29) is 52.7 Å². The fraction of sp³-hybridized carbons (Fsp3) is 0.243. The highest BCUT2D eigenvalue weighted by atomic mass is 19.1. The van der Waals surface area contributed by atoms with Gasteiger partial charge >= 0.3 is 0 Å². The van der Waals surface area contributed by atoms with Gasteiger partial charge in [0.1, 0.15) is 17.2 Å². The molecule has 0 fully saturated rings. The Morgan fingerprint density at radius 1 is 0.279 bits per heavy atom. The van der Waals surface area contributed by atoms with E-state index in [2.05, 4.69) is 88.4 Å². The second kappa shape index (κ2) is 36.1. The maximum absolute atomic E-state index is 14.2. The molecule has 0 saturated carbocycles. The molecular weight excluding hydrogens is 1540 g/mol. The summed E-state index contributed by atoms with van der Waals surface area (Å²) in [5.41, 5.74) is 31.6. The number of methoxy groups -OCH3 is 4. The Kier molecular flexibility index (Phi) is 25.5. The molecule has 122 heavy (non-hydrogen) atoms. The number of phenolic OH excluding ortho intramolecular Hbond substituents is 1. The number of nitrogens with zero attached hydrogens (tertiary/aromatic N) is 6. The number of hydrogen-bond acceptors (Lipinski definition) is 11. The molecule has 12 aromatic rings. The Morgan fingerprint density at radius 3 is 0.951 bits per heavy atom. The molecule has 0 spiro atoms. The van der Waals surface area contributed by atoms with Crippen LogP contribution in [0.3, 0.4) is 0 Å². The molecule has 6 amide bonds. The lowest BCUT2D eigenvalue weighted by atomic mass is 9.92. The van der Waals surface area contributed by atoms with Gasteiger partial charge in [-0.3, -0.25) is 28.8 Å². The molecule has 0 aliphatic carbocycles. The van der Waals surface area contributed by atoms with Crippen LogP contribution in [0.1, 0.15) is 147 Å². The lowest BCUT2D eigenvalue weighted by Gasteiger charge is -2.15. The maximum atomic E-state index is 14.2. The van der Waals surface area contributed by atoms with Crippen molar-refractivity contribution in [2.24, 2.45) is 0 Å². The normalized spacial score (nSPS) is 13.6. The second-order valence-electron chi connectivity index (χ2n) is 32.1. The number of hydrogen-bond donors (Lipinski definition) is 1. The number of aromatic hydroxyl groups is 1. The fourth-order valence-electron chi connectivity index (χ4n) is 16.5. The fourth-order valence-corrected chi connectivity index (χ4v) is 16.5. The van der Waals surface area contributed by atoms with Gasteiger partial charge < -0.3 is 53.5 Å². The summed E-state index contributed by atoms with van der Waals surface area (Å²) in [6.45, 7) is 20.1. The molecule has 6 aliphatic rings. The lowest BCUT2D eigenvalue weighted by Crippen LogP contribution is -2.25. The van der Waals surface area contributed by atoms with Crippen LogP contribution in [-0.2, 0) is 45.7 Å². The molecular formula is C103H102F2N6O11. The first-order valence-electron chi connectivity index (χ1n) is 40.5. The van der Waals surface area contributed by atoms with Crippen molar-refractivity contribution in [3.63, 3.8) is 0 Å². The quantitative estimate of drug-likeness (QED) is 0.173. The zero-order valence-corrected chi connectivity index (χ0v) is 72.5. The molecule has 0 bridgehead atoms. The van der Waals surface area contributed by atoms with E-state index in [0.717, 1.165) is 95.4 Å². The largest absolute Gasteiger partial charge is 0.508 e. The van der Waals surface area contributed by atoms with Crippen LogP contribution >= 0.6 is 0 Å². The zero-order valence-electron chi connectivity index (χ0n) is 72.5. The van der Waals surface area contributed by atoms with Gasteiger partial charge in [0.15, 0.2) is 23.1 Å². The molecule has 624 valence electrons. The van der Waals surface area contributed by atoms with Crippen LogP contribution in [0.25, 0.3) is 66.8 Å². The first kappa shape index (κ1) is 86.2. The van der Waals surface area contributed by atoms with Crippen LogP contribution in [0.4, 0.5) is 8.78 Å². The van der Waals surface area contributed by atoms with Gasteiger partial charge in [-0.25, -0.2) is 8.78 Å². The van der Waals surface area contributed by atoms with Crippen LogP contribution < -0.4 is 18.9 Å². The Morgan fingerprint density at radius 2 is 0.566 bits per heavy atom. The van der Waals surface area contributed by atoms with Crippen molar-refractivity contribution in [3.05, 3.63) is 323 Å². The average molecular weight is 1640 g/mol. The van der Waals surface area contributed by atoms with E-state index in [9.17, 15) is 42.7 Å². The van der Waals surface area contributed by atoms with Gasteiger partial charge in [0, 0.05) is 87.1 Å². The third-order valence-corrected chi connectivity index (χ3v) is 23.4. The van der Waals surface area contributed by atoms with Gasteiger partial charge in [0.25, 0.3) is 35.4 Å². The van der Waals surface area contributed by atoms with Crippen LogP contribution in [0.2, 0.25) is 0 Å². The summed E-state index contributed by atoms with van der Waals surface area (Å²) in [5.74, 6) is 0.675. The highest BCUT2D eigenvalue weighted by Gasteiger charge is 2.32.